The first-order chi connectivity index (χ1) is 13.4. The Morgan fingerprint density at radius 3 is 2.39 bits per heavy atom. The van der Waals surface area contributed by atoms with Crippen LogP contribution >= 0.6 is 0 Å². The third-order valence-electron chi connectivity index (χ3n) is 3.92. The molecule has 8 heteroatoms. The number of hydrogen-bond acceptors (Lipinski definition) is 5. The van der Waals surface area contributed by atoms with E-state index in [4.69, 9.17) is 14.2 Å². The summed E-state index contributed by atoms with van der Waals surface area (Å²) in [7, 11) is 1.15. The van der Waals surface area contributed by atoms with Crippen molar-refractivity contribution < 1.29 is 36.9 Å². The van der Waals surface area contributed by atoms with E-state index in [-0.39, 0.29) is 30.1 Å². The van der Waals surface area contributed by atoms with Gasteiger partial charge in [-0.15, -0.1) is 0 Å². The quantitative estimate of drug-likeness (QED) is 0.437. The number of carbonyl (C=O) groups is 1. The average molecular weight is 398 g/mol. The van der Waals surface area contributed by atoms with Crippen molar-refractivity contribution in [3.63, 3.8) is 0 Å². The fourth-order valence-electron chi connectivity index (χ4n) is 2.54. The van der Waals surface area contributed by atoms with Crippen molar-refractivity contribution in [2.75, 3.05) is 13.7 Å². The molecule has 0 unspecified atom stereocenters. The second-order valence-corrected chi connectivity index (χ2v) is 5.65. The third kappa shape index (κ3) is 5.09. The number of methoxy groups -OCH3 is 1. The maximum absolute atomic E-state index is 14.1. The lowest BCUT2D eigenvalue weighted by Crippen LogP contribution is -2.11. The smallest absolute Gasteiger partial charge is 0.493 e. The summed E-state index contributed by atoms with van der Waals surface area (Å²) < 4.78 is 61.3. The number of aryl methyl sites for hydroxylation is 1. The molecule has 152 valence electrons. The van der Waals surface area contributed by atoms with Crippen LogP contribution in [0.3, 0.4) is 0 Å². The Morgan fingerprint density at radius 2 is 1.79 bits per heavy atom. The third-order valence-corrected chi connectivity index (χ3v) is 3.92. The molecule has 0 N–H and O–H groups in total. The van der Waals surface area contributed by atoms with Crippen molar-refractivity contribution in [1.82, 2.24) is 0 Å². The Balaban J connectivity index is 2.37. The molecule has 0 fully saturated rings. The number of rotatable bonds is 8. The van der Waals surface area contributed by atoms with Crippen molar-refractivity contribution in [1.29, 1.82) is 0 Å². The van der Waals surface area contributed by atoms with E-state index in [1.807, 2.05) is 0 Å². The number of halogens is 3. The molecule has 28 heavy (non-hydrogen) atoms. The lowest BCUT2D eigenvalue weighted by molar-refractivity contribution is 0.120. The molecular weight excluding hydrogens is 377 g/mol. The summed E-state index contributed by atoms with van der Waals surface area (Å²) in [6.45, 7) is 3.46. The largest absolute Gasteiger partial charge is 0.513 e. The van der Waals surface area contributed by atoms with Crippen molar-refractivity contribution in [2.24, 2.45) is 0 Å². The van der Waals surface area contributed by atoms with Crippen LogP contribution in [0.5, 0.6) is 17.2 Å². The zero-order valence-corrected chi connectivity index (χ0v) is 15.8. The van der Waals surface area contributed by atoms with Gasteiger partial charge in [0.2, 0.25) is 0 Å². The highest BCUT2D eigenvalue weighted by Crippen LogP contribution is 2.35. The predicted octanol–water partition coefficient (Wildman–Crippen LogP) is 5.45. The van der Waals surface area contributed by atoms with Crippen LogP contribution in [0.2, 0.25) is 0 Å². The summed E-state index contributed by atoms with van der Waals surface area (Å²) >= 11 is 0. The molecule has 0 amide bonds. The maximum atomic E-state index is 14.1. The minimum atomic E-state index is -2.84. The molecule has 0 aromatic heterocycles. The van der Waals surface area contributed by atoms with Crippen LogP contribution in [0.25, 0.3) is 0 Å². The van der Waals surface area contributed by atoms with Gasteiger partial charge in [0.1, 0.15) is 29.7 Å². The Kier molecular flexibility index (Phi) is 7.54. The Hall–Kier alpha value is -2.90. The fourth-order valence-corrected chi connectivity index (χ4v) is 2.54. The van der Waals surface area contributed by atoms with Gasteiger partial charge in [-0.3, -0.25) is 0 Å². The Labute approximate surface area is 161 Å². The summed E-state index contributed by atoms with van der Waals surface area (Å²) in [5.74, 6) is -0.499. The molecular formula is C20H21F3O5. The first-order valence-corrected chi connectivity index (χ1v) is 8.64. The minimum absolute atomic E-state index is 0.0852. The molecule has 2 rings (SSSR count). The zero-order valence-electron chi connectivity index (χ0n) is 15.8. The van der Waals surface area contributed by atoms with Gasteiger partial charge in [-0.25, -0.2) is 18.0 Å². The Bertz CT molecular complexity index is 824. The second kappa shape index (κ2) is 9.87. The highest BCUT2D eigenvalue weighted by molar-refractivity contribution is 5.65. The molecule has 0 aliphatic rings. The van der Waals surface area contributed by atoms with E-state index < -0.39 is 24.0 Å². The maximum Gasteiger partial charge on any atom is 0.513 e. The lowest BCUT2D eigenvalue weighted by atomic mass is 10.1. The van der Waals surface area contributed by atoms with Crippen molar-refractivity contribution in [3.8, 4) is 17.2 Å². The predicted molar refractivity (Wildman–Crippen MR) is 95.7 cm³/mol. The van der Waals surface area contributed by atoms with E-state index in [0.717, 1.165) is 19.2 Å². The first kappa shape index (κ1) is 21.4. The highest BCUT2D eigenvalue weighted by Gasteiger charge is 2.20. The number of hydrogen-bond donors (Lipinski definition) is 0. The van der Waals surface area contributed by atoms with Crippen molar-refractivity contribution in [3.05, 3.63) is 52.8 Å². The van der Waals surface area contributed by atoms with Gasteiger partial charge in [0.25, 0.3) is 6.43 Å². The Morgan fingerprint density at radius 1 is 1.07 bits per heavy atom. The molecule has 0 aliphatic carbocycles. The van der Waals surface area contributed by atoms with Gasteiger partial charge in [0, 0.05) is 6.07 Å². The van der Waals surface area contributed by atoms with Gasteiger partial charge in [0.15, 0.2) is 0 Å². The summed E-state index contributed by atoms with van der Waals surface area (Å²) in [5, 5.41) is 0. The molecule has 0 bridgehead atoms. The molecule has 0 atom stereocenters. The van der Waals surface area contributed by atoms with E-state index in [1.165, 1.54) is 6.07 Å². The zero-order chi connectivity index (χ0) is 20.7. The first-order valence-electron chi connectivity index (χ1n) is 8.64. The number of ether oxygens (including phenoxy) is 4. The van der Waals surface area contributed by atoms with Crippen LogP contribution in [0, 0.1) is 5.82 Å². The van der Waals surface area contributed by atoms with E-state index >= 15 is 0 Å². The van der Waals surface area contributed by atoms with Crippen LogP contribution in [-0.4, -0.2) is 19.9 Å². The van der Waals surface area contributed by atoms with Crippen molar-refractivity contribution in [2.45, 2.75) is 33.3 Å². The van der Waals surface area contributed by atoms with Crippen LogP contribution in [0.4, 0.5) is 18.0 Å². The van der Waals surface area contributed by atoms with Gasteiger partial charge in [-0.2, -0.15) is 0 Å². The summed E-state index contributed by atoms with van der Waals surface area (Å²) in [5.41, 5.74) is 0.0598. The summed E-state index contributed by atoms with van der Waals surface area (Å²) in [6.07, 6.45) is -3.52. The molecule has 2 aromatic rings. The minimum Gasteiger partial charge on any atom is -0.493 e. The average Bonchev–Trinajstić information content (AvgIpc) is 2.67. The van der Waals surface area contributed by atoms with Crippen LogP contribution < -0.4 is 14.2 Å². The van der Waals surface area contributed by atoms with E-state index in [1.54, 1.807) is 26.0 Å². The molecule has 0 radical (unpaired) electrons. The topological polar surface area (TPSA) is 54.0 Å². The summed E-state index contributed by atoms with van der Waals surface area (Å²) in [4.78, 5) is 11.5. The lowest BCUT2D eigenvalue weighted by Gasteiger charge is -2.17. The van der Waals surface area contributed by atoms with Crippen LogP contribution in [0.15, 0.2) is 30.3 Å². The van der Waals surface area contributed by atoms with Gasteiger partial charge in [-0.05, 0) is 37.1 Å². The van der Waals surface area contributed by atoms with Crippen molar-refractivity contribution >= 4 is 6.16 Å². The molecule has 0 saturated heterocycles. The monoisotopic (exact) mass is 398 g/mol. The fraction of sp³-hybridized carbons (Fsp3) is 0.350. The summed E-state index contributed by atoms with van der Waals surface area (Å²) in [6, 6.07) is 6.71. The van der Waals surface area contributed by atoms with E-state index in [2.05, 4.69) is 4.74 Å². The normalized spacial score (nSPS) is 10.7. The number of benzene rings is 2. The molecule has 5 nitrogen and oxygen atoms in total. The molecule has 2 aromatic carbocycles. The number of alkyl halides is 2. The SMILES string of the molecule is CCOc1cccc(OC(=O)OC)c1COc1cc(F)c(CC)cc1C(F)F. The van der Waals surface area contributed by atoms with Crippen LogP contribution in [-0.2, 0) is 17.8 Å². The van der Waals surface area contributed by atoms with Gasteiger partial charge >= 0.3 is 6.16 Å². The van der Waals surface area contributed by atoms with Crippen LogP contribution in [0.1, 0.15) is 37.0 Å². The second-order valence-electron chi connectivity index (χ2n) is 5.65. The molecule has 0 saturated carbocycles. The molecule has 0 aliphatic heterocycles. The van der Waals surface area contributed by atoms with Gasteiger partial charge in [0.05, 0.1) is 24.8 Å². The molecule has 0 heterocycles. The highest BCUT2D eigenvalue weighted by atomic mass is 19.3. The van der Waals surface area contributed by atoms with Gasteiger partial charge in [-0.1, -0.05) is 13.0 Å². The standard InChI is InChI=1S/C20H21F3O5/c1-4-12-9-13(19(22)23)18(10-15(12)21)27-11-14-16(26-5-2)7-6-8-17(14)28-20(24)25-3/h6-10,19H,4-5,11H2,1-3H3. The van der Waals surface area contributed by atoms with Gasteiger partial charge < -0.3 is 18.9 Å². The van der Waals surface area contributed by atoms with E-state index in [9.17, 15) is 18.0 Å². The van der Waals surface area contributed by atoms with E-state index in [0.29, 0.717) is 17.9 Å². The molecule has 0 spiro atoms. The number of carbonyl (C=O) groups excluding carboxylic acids is 1.